The molecule has 0 fully saturated rings. The summed E-state index contributed by atoms with van der Waals surface area (Å²) >= 11 is 1.16. The Hall–Kier alpha value is -3.85. The molecule has 0 aliphatic carbocycles. The molecule has 28 heavy (non-hydrogen) atoms. The highest BCUT2D eigenvalue weighted by Gasteiger charge is 2.32. The zero-order valence-corrected chi connectivity index (χ0v) is 15.1. The molecule has 0 saturated heterocycles. The Bertz CT molecular complexity index is 1250. The predicted molar refractivity (Wildman–Crippen MR) is 107 cm³/mol. The standard InChI is InChI=1S/C19H12N6O2S/c20-17(26)16-15-14-13(6-7-21-18(14)28-16)25(19(27)23-15)11-8-12(24-22-9-11)10-4-2-1-3-5-10/h1-9H,(H2,20,26)(H,23,27). The predicted octanol–water partition coefficient (Wildman–Crippen LogP) is 3.54. The number of urea groups is 1. The van der Waals surface area contributed by atoms with Gasteiger partial charge in [0.1, 0.15) is 9.71 Å². The zero-order chi connectivity index (χ0) is 19.3. The minimum atomic E-state index is -0.602. The van der Waals surface area contributed by atoms with Gasteiger partial charge < -0.3 is 11.1 Å². The van der Waals surface area contributed by atoms with Crippen molar-refractivity contribution in [3.63, 3.8) is 0 Å². The van der Waals surface area contributed by atoms with E-state index in [0.717, 1.165) is 16.9 Å². The first-order valence-electron chi connectivity index (χ1n) is 8.34. The summed E-state index contributed by atoms with van der Waals surface area (Å²) in [6, 6.07) is 12.7. The quantitative estimate of drug-likeness (QED) is 0.557. The van der Waals surface area contributed by atoms with E-state index in [9.17, 15) is 9.59 Å². The van der Waals surface area contributed by atoms with Crippen molar-refractivity contribution in [1.82, 2.24) is 15.2 Å². The molecule has 1 aliphatic heterocycles. The van der Waals surface area contributed by atoms with Crippen LogP contribution in [0.2, 0.25) is 0 Å². The Morgan fingerprint density at radius 2 is 2.00 bits per heavy atom. The summed E-state index contributed by atoms with van der Waals surface area (Å²) in [4.78, 5) is 31.4. The molecule has 3 amide bonds. The van der Waals surface area contributed by atoms with Crippen LogP contribution in [-0.4, -0.2) is 27.1 Å². The van der Waals surface area contributed by atoms with Crippen molar-refractivity contribution in [3.8, 4) is 11.3 Å². The van der Waals surface area contributed by atoms with Gasteiger partial charge in [0.05, 0.1) is 34.3 Å². The number of anilines is 3. The van der Waals surface area contributed by atoms with E-state index in [1.807, 2.05) is 30.3 Å². The molecule has 9 heteroatoms. The number of primary amides is 1. The maximum absolute atomic E-state index is 12.9. The Morgan fingerprint density at radius 3 is 2.79 bits per heavy atom. The van der Waals surface area contributed by atoms with Gasteiger partial charge in [-0.05, 0) is 12.1 Å². The lowest BCUT2D eigenvalue weighted by molar-refractivity contribution is 0.100. The second-order valence-electron chi connectivity index (χ2n) is 6.11. The summed E-state index contributed by atoms with van der Waals surface area (Å²) in [5.74, 6) is -0.602. The maximum atomic E-state index is 12.9. The number of nitrogens with zero attached hydrogens (tertiary/aromatic N) is 4. The first-order chi connectivity index (χ1) is 13.6. The molecule has 1 aromatic carbocycles. The van der Waals surface area contributed by atoms with Gasteiger partial charge in [-0.15, -0.1) is 11.3 Å². The number of nitrogens with two attached hydrogens (primary N) is 1. The van der Waals surface area contributed by atoms with E-state index < -0.39 is 11.9 Å². The van der Waals surface area contributed by atoms with Crippen molar-refractivity contribution in [3.05, 3.63) is 59.7 Å². The van der Waals surface area contributed by atoms with Crippen LogP contribution in [0.4, 0.5) is 21.9 Å². The number of hydrogen-bond acceptors (Lipinski definition) is 6. The smallest absolute Gasteiger partial charge is 0.331 e. The van der Waals surface area contributed by atoms with E-state index in [-0.39, 0.29) is 4.88 Å². The molecule has 8 nitrogen and oxygen atoms in total. The van der Waals surface area contributed by atoms with E-state index in [0.29, 0.717) is 33.0 Å². The van der Waals surface area contributed by atoms with Crippen LogP contribution in [-0.2, 0) is 0 Å². The van der Waals surface area contributed by atoms with Crippen molar-refractivity contribution in [2.75, 3.05) is 10.2 Å². The summed E-state index contributed by atoms with van der Waals surface area (Å²) < 4.78 is 0. The van der Waals surface area contributed by atoms with E-state index in [2.05, 4.69) is 20.5 Å². The van der Waals surface area contributed by atoms with Gasteiger partial charge in [0.25, 0.3) is 5.91 Å². The molecule has 0 atom stereocenters. The van der Waals surface area contributed by atoms with Gasteiger partial charge in [-0.25, -0.2) is 9.78 Å². The van der Waals surface area contributed by atoms with Gasteiger partial charge >= 0.3 is 6.03 Å². The van der Waals surface area contributed by atoms with E-state index in [4.69, 9.17) is 5.73 Å². The van der Waals surface area contributed by atoms with Gasteiger partial charge in [0.15, 0.2) is 0 Å². The third-order valence-electron chi connectivity index (χ3n) is 4.44. The highest BCUT2D eigenvalue weighted by atomic mass is 32.1. The molecule has 0 radical (unpaired) electrons. The number of benzene rings is 1. The highest BCUT2D eigenvalue weighted by molar-refractivity contribution is 7.21. The van der Waals surface area contributed by atoms with Crippen LogP contribution in [0.5, 0.6) is 0 Å². The highest BCUT2D eigenvalue weighted by Crippen LogP contribution is 2.45. The fourth-order valence-electron chi connectivity index (χ4n) is 3.24. The monoisotopic (exact) mass is 388 g/mol. The Morgan fingerprint density at radius 1 is 1.18 bits per heavy atom. The SMILES string of the molecule is NC(=O)c1sc2nccc3c2c1NC(=O)N3c1cnnc(-c2ccccc2)c1. The molecular weight excluding hydrogens is 376 g/mol. The first-order valence-corrected chi connectivity index (χ1v) is 9.15. The lowest BCUT2D eigenvalue weighted by Crippen LogP contribution is -2.34. The van der Waals surface area contributed by atoms with Crippen LogP contribution >= 0.6 is 11.3 Å². The molecule has 4 aromatic rings. The molecule has 0 spiro atoms. The Balaban J connectivity index is 1.70. The van der Waals surface area contributed by atoms with E-state index in [1.165, 1.54) is 11.1 Å². The minimum absolute atomic E-state index is 0.278. The zero-order valence-electron chi connectivity index (χ0n) is 14.3. The lowest BCUT2D eigenvalue weighted by atomic mass is 10.1. The summed E-state index contributed by atoms with van der Waals surface area (Å²) in [5.41, 5.74) is 8.57. The molecular formula is C19H12N6O2S. The molecule has 0 bridgehead atoms. The Kier molecular flexibility index (Phi) is 3.56. The summed E-state index contributed by atoms with van der Waals surface area (Å²) in [5, 5.41) is 11.7. The second-order valence-corrected chi connectivity index (χ2v) is 7.11. The number of pyridine rings is 1. The van der Waals surface area contributed by atoms with Crippen molar-refractivity contribution >= 4 is 50.6 Å². The van der Waals surface area contributed by atoms with Crippen LogP contribution in [0.25, 0.3) is 21.5 Å². The molecule has 136 valence electrons. The number of aromatic nitrogens is 3. The average Bonchev–Trinajstić information content (AvgIpc) is 3.09. The van der Waals surface area contributed by atoms with E-state index >= 15 is 0 Å². The van der Waals surface area contributed by atoms with Crippen LogP contribution < -0.4 is 16.0 Å². The first kappa shape index (κ1) is 16.3. The second kappa shape index (κ2) is 6.10. The lowest BCUT2D eigenvalue weighted by Gasteiger charge is -2.28. The van der Waals surface area contributed by atoms with Crippen molar-refractivity contribution in [1.29, 1.82) is 0 Å². The van der Waals surface area contributed by atoms with Crippen LogP contribution in [0.1, 0.15) is 9.67 Å². The number of carbonyl (C=O) groups excluding carboxylic acids is 2. The summed E-state index contributed by atoms with van der Waals surface area (Å²) in [6.45, 7) is 0. The third kappa shape index (κ3) is 2.41. The number of amides is 3. The van der Waals surface area contributed by atoms with Crippen LogP contribution in [0.3, 0.4) is 0 Å². The van der Waals surface area contributed by atoms with Crippen LogP contribution in [0.15, 0.2) is 54.9 Å². The van der Waals surface area contributed by atoms with Gasteiger partial charge in [-0.3, -0.25) is 9.69 Å². The van der Waals surface area contributed by atoms with Crippen molar-refractivity contribution < 1.29 is 9.59 Å². The van der Waals surface area contributed by atoms with Crippen molar-refractivity contribution in [2.45, 2.75) is 0 Å². The van der Waals surface area contributed by atoms with Gasteiger partial charge in [-0.1, -0.05) is 30.3 Å². The fraction of sp³-hybridized carbons (Fsp3) is 0. The Labute approximate surface area is 162 Å². The summed E-state index contributed by atoms with van der Waals surface area (Å²) in [7, 11) is 0. The van der Waals surface area contributed by atoms with Crippen molar-refractivity contribution in [2.24, 2.45) is 5.73 Å². The molecule has 0 unspecified atom stereocenters. The van der Waals surface area contributed by atoms with Gasteiger partial charge in [0.2, 0.25) is 0 Å². The third-order valence-corrected chi connectivity index (χ3v) is 5.55. The van der Waals surface area contributed by atoms with Gasteiger partial charge in [-0.2, -0.15) is 10.2 Å². The molecule has 3 N–H and O–H groups in total. The van der Waals surface area contributed by atoms with E-state index in [1.54, 1.807) is 18.3 Å². The molecule has 1 aliphatic rings. The largest absolute Gasteiger partial charge is 0.365 e. The van der Waals surface area contributed by atoms with Gasteiger partial charge in [0, 0.05) is 11.8 Å². The fourth-order valence-corrected chi connectivity index (χ4v) is 4.21. The number of thiophene rings is 1. The molecule has 0 saturated carbocycles. The summed E-state index contributed by atoms with van der Waals surface area (Å²) in [6.07, 6.45) is 3.12. The molecule has 4 heterocycles. The minimum Gasteiger partial charge on any atom is -0.365 e. The number of carbonyl (C=O) groups is 2. The molecule has 5 rings (SSSR count). The number of hydrogen-bond donors (Lipinski definition) is 2. The number of nitrogens with one attached hydrogen (secondary N) is 1. The number of rotatable bonds is 3. The molecule has 3 aromatic heterocycles. The topological polar surface area (TPSA) is 114 Å². The normalized spacial score (nSPS) is 12.9. The maximum Gasteiger partial charge on any atom is 0.331 e. The van der Waals surface area contributed by atoms with Crippen LogP contribution in [0, 0.1) is 0 Å². The average molecular weight is 388 g/mol.